The van der Waals surface area contributed by atoms with E-state index < -0.39 is 18.2 Å². The van der Waals surface area contributed by atoms with Crippen molar-refractivity contribution in [1.82, 2.24) is 20.5 Å². The zero-order valence-electron chi connectivity index (χ0n) is 23.5. The number of hydrogen-bond donors (Lipinski definition) is 3. The SMILES string of the molecule is C[C@H](NC(O)C1CCCN1C(=O)CNC(=O)c1ccc2cc(F)ccc2n1)c1ccccc1/C=C/Cc1ccccc1. The average Bonchev–Trinajstić information content (AvgIpc) is 3.51. The Kier molecular flexibility index (Phi) is 9.36. The maximum absolute atomic E-state index is 13.4. The van der Waals surface area contributed by atoms with Crippen molar-refractivity contribution >= 4 is 28.8 Å². The van der Waals surface area contributed by atoms with E-state index in [1.807, 2.05) is 43.3 Å². The van der Waals surface area contributed by atoms with E-state index >= 15 is 0 Å². The first-order valence-corrected chi connectivity index (χ1v) is 14.3. The fourth-order valence-corrected chi connectivity index (χ4v) is 5.45. The van der Waals surface area contributed by atoms with Crippen LogP contribution in [0, 0.1) is 5.82 Å². The van der Waals surface area contributed by atoms with Gasteiger partial charge < -0.3 is 15.3 Å². The minimum Gasteiger partial charge on any atom is -0.376 e. The van der Waals surface area contributed by atoms with Crippen molar-refractivity contribution in [3.63, 3.8) is 0 Å². The molecule has 216 valence electrons. The van der Waals surface area contributed by atoms with Crippen LogP contribution in [0.5, 0.6) is 0 Å². The lowest BCUT2D eigenvalue weighted by Gasteiger charge is -2.31. The number of benzene rings is 3. The van der Waals surface area contributed by atoms with Crippen LogP contribution in [-0.2, 0) is 11.2 Å². The van der Waals surface area contributed by atoms with Crippen LogP contribution in [0.3, 0.4) is 0 Å². The number of likely N-dealkylation sites (tertiary alicyclic amines) is 1. The quantitative estimate of drug-likeness (QED) is 0.235. The highest BCUT2D eigenvalue weighted by molar-refractivity contribution is 5.96. The number of aromatic nitrogens is 1. The maximum Gasteiger partial charge on any atom is 0.270 e. The predicted molar refractivity (Wildman–Crippen MR) is 162 cm³/mol. The molecule has 2 unspecified atom stereocenters. The van der Waals surface area contributed by atoms with E-state index in [4.69, 9.17) is 0 Å². The topological polar surface area (TPSA) is 94.6 Å². The Bertz CT molecular complexity index is 1580. The number of carbonyl (C=O) groups is 2. The van der Waals surface area contributed by atoms with E-state index in [0.717, 1.165) is 24.0 Å². The van der Waals surface area contributed by atoms with Crippen molar-refractivity contribution in [2.45, 2.75) is 44.5 Å². The molecule has 1 aliphatic rings. The lowest BCUT2D eigenvalue weighted by molar-refractivity contribution is -0.133. The van der Waals surface area contributed by atoms with Gasteiger partial charge in [0.25, 0.3) is 5.91 Å². The van der Waals surface area contributed by atoms with Gasteiger partial charge in [0, 0.05) is 18.0 Å². The third-order valence-electron chi connectivity index (χ3n) is 7.65. The molecule has 8 heteroatoms. The third-order valence-corrected chi connectivity index (χ3v) is 7.65. The summed E-state index contributed by atoms with van der Waals surface area (Å²) in [6, 6.07) is 25.0. The first kappa shape index (κ1) is 29.1. The number of amides is 2. The second-order valence-electron chi connectivity index (χ2n) is 10.6. The standard InChI is InChI=1S/C34H35FN4O3/c1-23(28-14-6-5-12-25(28)13-7-11-24-9-3-2-4-10-24)37-34(42)31-15-8-20-39(31)32(40)22-36-33(41)30-18-16-26-21-27(35)17-19-29(26)38-30/h2-7,9-10,12-14,16-19,21,23,31,34,37,42H,8,11,15,20,22H2,1H3,(H,36,41)/b13-7+/t23-,31?,34?/m0/s1. The number of fused-ring (bicyclic) bond motifs is 1. The molecule has 0 bridgehead atoms. The summed E-state index contributed by atoms with van der Waals surface area (Å²) in [6.45, 7) is 2.29. The molecule has 3 N–H and O–H groups in total. The second-order valence-corrected chi connectivity index (χ2v) is 10.6. The molecule has 1 saturated heterocycles. The maximum atomic E-state index is 13.4. The van der Waals surface area contributed by atoms with Gasteiger partial charge in [-0.3, -0.25) is 14.9 Å². The van der Waals surface area contributed by atoms with Crippen LogP contribution >= 0.6 is 0 Å². The molecule has 3 atom stereocenters. The van der Waals surface area contributed by atoms with Gasteiger partial charge >= 0.3 is 0 Å². The van der Waals surface area contributed by atoms with Gasteiger partial charge in [-0.05, 0) is 67.1 Å². The van der Waals surface area contributed by atoms with Crippen molar-refractivity contribution in [1.29, 1.82) is 0 Å². The summed E-state index contributed by atoms with van der Waals surface area (Å²) in [5.74, 6) is -1.14. The Hall–Kier alpha value is -4.40. The highest BCUT2D eigenvalue weighted by atomic mass is 19.1. The molecule has 0 saturated carbocycles. The summed E-state index contributed by atoms with van der Waals surface area (Å²) in [6.07, 6.45) is 5.54. The van der Waals surface area contributed by atoms with Gasteiger partial charge in [-0.1, -0.05) is 72.8 Å². The van der Waals surface area contributed by atoms with Crippen molar-refractivity contribution in [3.8, 4) is 0 Å². The molecule has 1 aromatic heterocycles. The number of hydrogen-bond acceptors (Lipinski definition) is 5. The summed E-state index contributed by atoms with van der Waals surface area (Å²) >= 11 is 0. The summed E-state index contributed by atoms with van der Waals surface area (Å²) in [4.78, 5) is 31.7. The van der Waals surface area contributed by atoms with Gasteiger partial charge in [-0.2, -0.15) is 0 Å². The zero-order chi connectivity index (χ0) is 29.5. The molecule has 0 radical (unpaired) electrons. The van der Waals surface area contributed by atoms with Crippen LogP contribution in [0.2, 0.25) is 0 Å². The first-order chi connectivity index (χ1) is 20.4. The van der Waals surface area contributed by atoms with E-state index in [-0.39, 0.29) is 30.0 Å². The van der Waals surface area contributed by atoms with E-state index in [1.165, 1.54) is 29.8 Å². The number of halogens is 1. The monoisotopic (exact) mass is 566 g/mol. The molecule has 3 aromatic carbocycles. The number of allylic oxidation sites excluding steroid dienone is 1. The molecule has 0 spiro atoms. The van der Waals surface area contributed by atoms with Crippen molar-refractivity contribution in [3.05, 3.63) is 119 Å². The Balaban J connectivity index is 1.17. The van der Waals surface area contributed by atoms with E-state index in [1.54, 1.807) is 11.0 Å². The Morgan fingerprint density at radius 2 is 1.86 bits per heavy atom. The van der Waals surface area contributed by atoms with E-state index in [9.17, 15) is 19.1 Å². The molecule has 4 aromatic rings. The Labute approximate surface area is 245 Å². The van der Waals surface area contributed by atoms with Crippen LogP contribution in [0.25, 0.3) is 17.0 Å². The van der Waals surface area contributed by atoms with Gasteiger partial charge in [0.1, 0.15) is 17.7 Å². The van der Waals surface area contributed by atoms with Crippen molar-refractivity contribution < 1.29 is 19.1 Å². The lowest BCUT2D eigenvalue weighted by Crippen LogP contribution is -2.51. The normalized spacial score (nSPS) is 16.5. The van der Waals surface area contributed by atoms with Crippen LogP contribution in [0.4, 0.5) is 4.39 Å². The fraction of sp³-hybridized carbons (Fsp3) is 0.265. The molecule has 1 aliphatic heterocycles. The van der Waals surface area contributed by atoms with Gasteiger partial charge in [0.2, 0.25) is 5.91 Å². The molecular formula is C34H35FN4O3. The fourth-order valence-electron chi connectivity index (χ4n) is 5.45. The highest BCUT2D eigenvalue weighted by Gasteiger charge is 2.34. The molecule has 7 nitrogen and oxygen atoms in total. The number of rotatable bonds is 10. The number of nitrogens with one attached hydrogen (secondary N) is 2. The third kappa shape index (κ3) is 7.08. The summed E-state index contributed by atoms with van der Waals surface area (Å²) in [7, 11) is 0. The highest BCUT2D eigenvalue weighted by Crippen LogP contribution is 2.24. The van der Waals surface area contributed by atoms with Crippen molar-refractivity contribution in [2.75, 3.05) is 13.1 Å². The number of pyridine rings is 1. The predicted octanol–water partition coefficient (Wildman–Crippen LogP) is 5.02. The average molecular weight is 567 g/mol. The molecular weight excluding hydrogens is 531 g/mol. The molecule has 2 heterocycles. The molecule has 1 fully saturated rings. The van der Waals surface area contributed by atoms with E-state index in [0.29, 0.717) is 23.9 Å². The number of nitrogens with zero attached hydrogens (tertiary/aromatic N) is 2. The largest absolute Gasteiger partial charge is 0.376 e. The van der Waals surface area contributed by atoms with Gasteiger partial charge in [-0.15, -0.1) is 0 Å². The van der Waals surface area contributed by atoms with Crippen LogP contribution in [0.1, 0.15) is 53.0 Å². The first-order valence-electron chi connectivity index (χ1n) is 14.3. The van der Waals surface area contributed by atoms with Crippen molar-refractivity contribution in [2.24, 2.45) is 0 Å². The van der Waals surface area contributed by atoms with Crippen LogP contribution in [0.15, 0.2) is 91.0 Å². The summed E-state index contributed by atoms with van der Waals surface area (Å²) in [5.41, 5.74) is 3.99. The number of aliphatic hydroxyl groups is 1. The van der Waals surface area contributed by atoms with Gasteiger partial charge in [-0.25, -0.2) is 9.37 Å². The molecule has 2 amide bonds. The Morgan fingerprint density at radius 3 is 2.69 bits per heavy atom. The molecule has 0 aliphatic carbocycles. The second kappa shape index (κ2) is 13.5. The summed E-state index contributed by atoms with van der Waals surface area (Å²) in [5, 5.41) is 17.7. The van der Waals surface area contributed by atoms with E-state index in [2.05, 4.69) is 46.0 Å². The summed E-state index contributed by atoms with van der Waals surface area (Å²) < 4.78 is 13.4. The Morgan fingerprint density at radius 1 is 1.07 bits per heavy atom. The minimum absolute atomic E-state index is 0.145. The van der Waals surface area contributed by atoms with Gasteiger partial charge in [0.05, 0.1) is 18.1 Å². The zero-order valence-corrected chi connectivity index (χ0v) is 23.5. The smallest absolute Gasteiger partial charge is 0.270 e. The lowest BCUT2D eigenvalue weighted by atomic mass is 9.99. The number of aliphatic hydroxyl groups excluding tert-OH is 1. The number of carbonyl (C=O) groups excluding carboxylic acids is 2. The van der Waals surface area contributed by atoms with Gasteiger partial charge in [0.15, 0.2) is 0 Å². The van der Waals surface area contributed by atoms with Crippen LogP contribution in [-0.4, -0.2) is 52.2 Å². The molecule has 42 heavy (non-hydrogen) atoms. The van der Waals surface area contributed by atoms with Crippen LogP contribution < -0.4 is 10.6 Å². The molecule has 5 rings (SSSR count). The minimum atomic E-state index is -0.939.